The van der Waals surface area contributed by atoms with Gasteiger partial charge in [0.05, 0.1) is 52.4 Å². The van der Waals surface area contributed by atoms with Crippen molar-refractivity contribution in [1.29, 1.82) is 0 Å². The highest BCUT2D eigenvalue weighted by atomic mass is 32.1. The highest BCUT2D eigenvalue weighted by molar-refractivity contribution is 7.52. The molecule has 3 saturated heterocycles. The van der Waals surface area contributed by atoms with Crippen LogP contribution < -0.4 is 21.3 Å². The summed E-state index contributed by atoms with van der Waals surface area (Å²) in [5, 5.41) is 22.4. The van der Waals surface area contributed by atoms with Gasteiger partial charge in [0.25, 0.3) is 5.91 Å². The van der Waals surface area contributed by atoms with Gasteiger partial charge in [-0.15, -0.1) is 22.7 Å². The third-order valence-electron chi connectivity index (χ3n) is 16.1. The first kappa shape index (κ1) is 67.4. The van der Waals surface area contributed by atoms with E-state index in [1.54, 1.807) is 42.5 Å². The minimum absolute atomic E-state index is 0.0255. The molecule has 2 aromatic heterocycles. The van der Waals surface area contributed by atoms with Crippen molar-refractivity contribution >= 4 is 81.7 Å². The molecule has 21 nitrogen and oxygen atoms in total. The Kier molecular flexibility index (Phi) is 21.5. The van der Waals surface area contributed by atoms with Crippen LogP contribution in [-0.2, 0) is 48.5 Å². The number of halogens is 2. The molecule has 88 heavy (non-hydrogen) atoms. The number of rotatable bonds is 22. The number of carbonyl (C=O) groups is 7. The molecule has 3 aromatic carbocycles. The van der Waals surface area contributed by atoms with Crippen LogP contribution in [0.5, 0.6) is 0 Å². The number of hydrogen-bond acceptors (Lipinski definition) is 14. The highest BCUT2D eigenvalue weighted by Crippen LogP contribution is 2.59. The van der Waals surface area contributed by atoms with Crippen LogP contribution in [0.1, 0.15) is 131 Å². The summed E-state index contributed by atoms with van der Waals surface area (Å²) in [4.78, 5) is 127. The largest absolute Gasteiger partial charge is 0.399 e. The number of aliphatic hydroxyl groups is 1. The second kappa shape index (κ2) is 28.1. The predicted octanol–water partition coefficient (Wildman–Crippen LogP) is 7.34. The Hall–Kier alpha value is -6.57. The number of likely N-dealkylation sites (tertiary alicyclic amines) is 2. The molecule has 476 valence electrons. The van der Waals surface area contributed by atoms with Crippen molar-refractivity contribution in [3.05, 3.63) is 112 Å². The highest BCUT2D eigenvalue weighted by Gasteiger charge is 2.51. The minimum atomic E-state index is -5.87. The topological polar surface area (TPSA) is 286 Å². The fourth-order valence-corrected chi connectivity index (χ4v) is 13.4. The maximum absolute atomic E-state index is 14.9. The summed E-state index contributed by atoms with van der Waals surface area (Å²) in [7, 11) is -5.87. The summed E-state index contributed by atoms with van der Waals surface area (Å²) in [5.74, 6) is -3.42. The molecule has 3 fully saturated rings. The zero-order valence-corrected chi connectivity index (χ0v) is 53.2. The van der Waals surface area contributed by atoms with E-state index in [9.17, 15) is 61.8 Å². The Labute approximate surface area is 518 Å². The average molecular weight is 1280 g/mol. The number of ether oxygens (including phenoxy) is 2. The average Bonchev–Trinajstić information content (AvgIpc) is 4.15. The van der Waals surface area contributed by atoms with Crippen LogP contribution in [0.2, 0.25) is 0 Å². The number of hydrogen-bond donors (Lipinski definition) is 7. The molecule has 3 aliphatic rings. The van der Waals surface area contributed by atoms with E-state index in [1.165, 1.54) is 21.9 Å². The smallest absolute Gasteiger partial charge is 0.391 e. The van der Waals surface area contributed by atoms with Gasteiger partial charge in [0.15, 0.2) is 0 Å². The van der Waals surface area contributed by atoms with Gasteiger partial charge < -0.3 is 60.3 Å². The molecule has 0 saturated carbocycles. The second-order valence-corrected chi connectivity index (χ2v) is 28.6. The monoisotopic (exact) mass is 1280 g/mol. The third-order valence-corrected chi connectivity index (χ3v) is 19.2. The summed E-state index contributed by atoms with van der Waals surface area (Å²) >= 11 is 2.48. The van der Waals surface area contributed by atoms with Gasteiger partial charge in [-0.3, -0.25) is 38.1 Å². The van der Waals surface area contributed by atoms with Crippen LogP contribution in [-0.4, -0.2) is 158 Å². The number of thiazole rings is 1. The number of morpholine rings is 1. The number of β-amino-alcohol motifs (C(OH)–C–C–N with tert-alkyl or cyclic N) is 1. The SMILES string of the molecule is Cc1ncsc1-c1ccc(C(C)NC(=O)[C@@H]2C[C@@H](O)CN2C(=O)C(NC(=O)CCCCCNC(=O)CO[C@H]2C[C@@H](C(=O)N3CCO[C@H](c4ccccc4)C3)N(C(=O)C(NC(=O)c3cc4cc(C(F)(F)P(=O)(O)O)ccc4s3)C(C)(C)C)C2)C(C)(C)C)cc1. The molecule has 3 unspecified atom stereocenters. The lowest BCUT2D eigenvalue weighted by atomic mass is 9.85. The molecule has 8 atom stereocenters. The van der Waals surface area contributed by atoms with Gasteiger partial charge in [0.1, 0.15) is 36.9 Å². The molecule has 26 heteroatoms. The van der Waals surface area contributed by atoms with E-state index in [-0.39, 0.29) is 80.7 Å². The van der Waals surface area contributed by atoms with Crippen molar-refractivity contribution in [3.8, 4) is 10.4 Å². The molecule has 0 radical (unpaired) electrons. The van der Waals surface area contributed by atoms with Gasteiger partial charge >= 0.3 is 13.3 Å². The van der Waals surface area contributed by atoms with E-state index in [4.69, 9.17) is 9.47 Å². The summed E-state index contributed by atoms with van der Waals surface area (Å²) in [6.07, 6.45) is -0.535. The van der Waals surface area contributed by atoms with E-state index in [1.807, 2.05) is 89.2 Å². The van der Waals surface area contributed by atoms with Gasteiger partial charge in [-0.2, -0.15) is 8.78 Å². The number of benzene rings is 3. The fourth-order valence-electron chi connectivity index (χ4n) is 11.2. The van der Waals surface area contributed by atoms with Crippen LogP contribution >= 0.6 is 30.3 Å². The first-order valence-electron chi connectivity index (χ1n) is 29.4. The number of unbranched alkanes of at least 4 members (excludes halogenated alkanes) is 2. The normalized spacial score (nSPS) is 20.3. The van der Waals surface area contributed by atoms with Gasteiger partial charge in [-0.05, 0) is 77.8 Å². The number of aryl methyl sites for hydroxylation is 1. The number of thiophene rings is 1. The summed E-state index contributed by atoms with van der Waals surface area (Å²) in [6, 6.07) is 16.9. The number of nitrogens with zero attached hydrogens (tertiary/aromatic N) is 4. The van der Waals surface area contributed by atoms with Crippen molar-refractivity contribution in [3.63, 3.8) is 0 Å². The third kappa shape index (κ3) is 16.2. The van der Waals surface area contributed by atoms with Crippen molar-refractivity contribution in [2.45, 2.75) is 148 Å². The lowest BCUT2D eigenvalue weighted by Crippen LogP contribution is -2.58. The lowest BCUT2D eigenvalue weighted by Gasteiger charge is -2.38. The van der Waals surface area contributed by atoms with Crippen molar-refractivity contribution in [1.82, 2.24) is 41.0 Å². The Morgan fingerprint density at radius 1 is 0.807 bits per heavy atom. The molecule has 5 aromatic rings. The van der Waals surface area contributed by atoms with Gasteiger partial charge in [-0.25, -0.2) is 4.98 Å². The number of alkyl halides is 2. The summed E-state index contributed by atoms with van der Waals surface area (Å²) in [5.41, 5.74) is -1.64. The van der Waals surface area contributed by atoms with Crippen LogP contribution in [0.4, 0.5) is 8.78 Å². The van der Waals surface area contributed by atoms with Crippen LogP contribution in [0.15, 0.2) is 84.4 Å². The van der Waals surface area contributed by atoms with E-state index in [0.29, 0.717) is 24.0 Å². The minimum Gasteiger partial charge on any atom is -0.391 e. The second-order valence-electron chi connectivity index (χ2n) is 25.0. The maximum atomic E-state index is 14.9. The van der Waals surface area contributed by atoms with E-state index < -0.39 is 114 Å². The molecule has 5 heterocycles. The Balaban J connectivity index is 0.835. The standard InChI is InChI=1S/C62H79F2N8O13PS2/c1-36(38-18-20-40(21-19-38)52-37(2)66-35-87-52)67-55(76)45-29-43(73)31-71(45)58(79)53(60(3,4)5)68-50(74)17-13-10-14-24-65-51(75)34-85-44-30-46(57(78)70-25-26-84-47(33-70)39-15-11-9-12-16-39)72(32-44)59(80)54(61(6,7)8)69-56(77)49-28-41-27-42(22-23-48(41)88-49)62(63,64)86(81,82)83/h9,11-12,15-16,18-23,27-28,35-36,43-47,53-54,73H,10,13-14,17,24-26,29-34H2,1-8H3,(H,65,75)(H,67,76)(H,68,74)(H,69,77)(H2,81,82,83)/t36?,43-,44+,45+,46+,47+,53?,54?/m1/s1. The fraction of sp³-hybridized carbons (Fsp3) is 0.516. The van der Waals surface area contributed by atoms with Gasteiger partial charge in [0, 0.05) is 55.7 Å². The Morgan fingerprint density at radius 3 is 2.12 bits per heavy atom. The molecule has 7 N–H and O–H groups in total. The van der Waals surface area contributed by atoms with Gasteiger partial charge in [-0.1, -0.05) is 109 Å². The maximum Gasteiger partial charge on any atom is 0.399 e. The van der Waals surface area contributed by atoms with Gasteiger partial charge in [0.2, 0.25) is 35.4 Å². The van der Waals surface area contributed by atoms with Crippen LogP contribution in [0, 0.1) is 17.8 Å². The van der Waals surface area contributed by atoms with E-state index in [2.05, 4.69) is 26.3 Å². The molecule has 0 aliphatic carbocycles. The van der Waals surface area contributed by atoms with Crippen LogP contribution in [0.3, 0.4) is 0 Å². The van der Waals surface area contributed by atoms with E-state index >= 15 is 0 Å². The quantitative estimate of drug-likeness (QED) is 0.0264. The van der Waals surface area contributed by atoms with Crippen molar-refractivity contribution < 1.29 is 71.3 Å². The molecule has 8 rings (SSSR count). The van der Waals surface area contributed by atoms with Crippen molar-refractivity contribution in [2.75, 3.05) is 45.9 Å². The predicted molar refractivity (Wildman–Crippen MR) is 328 cm³/mol. The Morgan fingerprint density at radius 2 is 1.48 bits per heavy atom. The molecule has 3 aliphatic heterocycles. The molecular weight excluding hydrogens is 1200 g/mol. The summed E-state index contributed by atoms with van der Waals surface area (Å²) in [6.45, 7) is 14.7. The molecule has 7 amide bonds. The number of nitrogens with one attached hydrogen (secondary N) is 4. The van der Waals surface area contributed by atoms with Crippen molar-refractivity contribution in [2.24, 2.45) is 10.8 Å². The molecule has 0 spiro atoms. The first-order valence-corrected chi connectivity index (χ1v) is 32.7. The lowest BCUT2D eigenvalue weighted by molar-refractivity contribution is -0.150. The zero-order chi connectivity index (χ0) is 64.0. The Bertz CT molecular complexity index is 3390. The number of carbonyl (C=O) groups excluding carboxylic acids is 7. The van der Waals surface area contributed by atoms with Crippen LogP contribution in [0.25, 0.3) is 20.5 Å². The molecule has 0 bridgehead atoms. The first-order chi connectivity index (χ1) is 41.4. The number of amides is 7. The number of aromatic nitrogens is 1. The van der Waals surface area contributed by atoms with E-state index in [0.717, 1.165) is 50.7 Å². The zero-order valence-electron chi connectivity index (χ0n) is 50.6. The number of fused-ring (bicyclic) bond motifs is 1. The number of aliphatic hydroxyl groups excluding tert-OH is 1. The molecular formula is C62H79F2N8O13PS2. The summed E-state index contributed by atoms with van der Waals surface area (Å²) < 4.78 is 53.4.